The summed E-state index contributed by atoms with van der Waals surface area (Å²) in [5.74, 6) is -0.321. The highest BCUT2D eigenvalue weighted by Crippen LogP contribution is 2.23. The van der Waals surface area contributed by atoms with Gasteiger partial charge in [-0.1, -0.05) is 12.2 Å². The standard InChI is InChI=1S/C6H12N2O3S2/c1-6(9)3-8(4-6)13(10,11)2-5(7)12/h9H,2-4H2,1H3,(H2,7,12). The number of aliphatic hydroxyl groups is 1. The first-order valence-corrected chi connectivity index (χ1v) is 5.73. The topological polar surface area (TPSA) is 83.6 Å². The van der Waals surface area contributed by atoms with Crippen molar-refractivity contribution in [3.8, 4) is 0 Å². The summed E-state index contributed by atoms with van der Waals surface area (Å²) in [7, 11) is -3.39. The van der Waals surface area contributed by atoms with Gasteiger partial charge in [-0.25, -0.2) is 8.42 Å². The first-order valence-electron chi connectivity index (χ1n) is 3.71. The molecule has 0 amide bonds. The third-order valence-electron chi connectivity index (χ3n) is 1.75. The fourth-order valence-corrected chi connectivity index (χ4v) is 3.12. The van der Waals surface area contributed by atoms with Gasteiger partial charge >= 0.3 is 0 Å². The second kappa shape index (κ2) is 3.16. The van der Waals surface area contributed by atoms with Crippen LogP contribution in [0, 0.1) is 0 Å². The Morgan fingerprint density at radius 3 is 2.46 bits per heavy atom. The van der Waals surface area contributed by atoms with Crippen molar-refractivity contribution in [2.24, 2.45) is 5.73 Å². The Morgan fingerprint density at radius 2 is 2.15 bits per heavy atom. The molecule has 0 spiro atoms. The lowest BCUT2D eigenvalue weighted by Gasteiger charge is -2.42. The summed E-state index contributed by atoms with van der Waals surface area (Å²) in [6.45, 7) is 1.83. The summed E-state index contributed by atoms with van der Waals surface area (Å²) in [5.41, 5.74) is 4.23. The van der Waals surface area contributed by atoms with E-state index in [2.05, 4.69) is 12.2 Å². The van der Waals surface area contributed by atoms with Crippen molar-refractivity contribution in [3.05, 3.63) is 0 Å². The van der Waals surface area contributed by atoms with Crippen molar-refractivity contribution in [2.75, 3.05) is 18.8 Å². The van der Waals surface area contributed by atoms with Crippen LogP contribution in [0.15, 0.2) is 0 Å². The number of rotatable bonds is 3. The van der Waals surface area contributed by atoms with E-state index in [0.29, 0.717) is 0 Å². The molecule has 76 valence electrons. The van der Waals surface area contributed by atoms with Crippen molar-refractivity contribution >= 4 is 27.2 Å². The Bertz CT molecular complexity index is 315. The number of thiocarbonyl (C=S) groups is 1. The molecule has 0 unspecified atom stereocenters. The van der Waals surface area contributed by atoms with E-state index in [-0.39, 0.29) is 23.8 Å². The van der Waals surface area contributed by atoms with Crippen LogP contribution in [-0.2, 0) is 10.0 Å². The maximum absolute atomic E-state index is 11.4. The van der Waals surface area contributed by atoms with E-state index in [0.717, 1.165) is 0 Å². The van der Waals surface area contributed by atoms with Gasteiger partial charge in [-0.05, 0) is 6.92 Å². The van der Waals surface area contributed by atoms with Crippen LogP contribution in [0.1, 0.15) is 6.92 Å². The lowest BCUT2D eigenvalue weighted by atomic mass is 10.0. The van der Waals surface area contributed by atoms with Gasteiger partial charge in [0.2, 0.25) is 10.0 Å². The monoisotopic (exact) mass is 224 g/mol. The normalized spacial score (nSPS) is 22.3. The van der Waals surface area contributed by atoms with Gasteiger partial charge in [-0.2, -0.15) is 4.31 Å². The Kier molecular flexibility index (Phi) is 2.63. The zero-order valence-electron chi connectivity index (χ0n) is 7.23. The first-order chi connectivity index (χ1) is 5.73. The Balaban J connectivity index is 2.60. The van der Waals surface area contributed by atoms with Crippen LogP contribution in [-0.4, -0.2) is 47.3 Å². The SMILES string of the molecule is CC1(O)CN(S(=O)(=O)CC(N)=S)C1. The molecule has 0 atom stereocenters. The molecular formula is C6H12N2O3S2. The molecule has 13 heavy (non-hydrogen) atoms. The number of hydrogen-bond donors (Lipinski definition) is 2. The highest BCUT2D eigenvalue weighted by molar-refractivity contribution is 7.92. The first kappa shape index (κ1) is 10.8. The lowest BCUT2D eigenvalue weighted by Crippen LogP contribution is -2.62. The van der Waals surface area contributed by atoms with E-state index in [9.17, 15) is 13.5 Å². The molecule has 3 N–H and O–H groups in total. The van der Waals surface area contributed by atoms with Crippen molar-refractivity contribution in [1.82, 2.24) is 4.31 Å². The van der Waals surface area contributed by atoms with Crippen molar-refractivity contribution in [1.29, 1.82) is 0 Å². The van der Waals surface area contributed by atoms with Gasteiger partial charge in [0, 0.05) is 13.1 Å². The van der Waals surface area contributed by atoms with Crippen molar-refractivity contribution < 1.29 is 13.5 Å². The molecule has 5 nitrogen and oxygen atoms in total. The van der Waals surface area contributed by atoms with E-state index < -0.39 is 15.6 Å². The maximum atomic E-state index is 11.4. The molecule has 0 aromatic heterocycles. The van der Waals surface area contributed by atoms with E-state index in [4.69, 9.17) is 5.73 Å². The molecule has 0 saturated carbocycles. The highest BCUT2D eigenvalue weighted by atomic mass is 32.2. The third kappa shape index (κ3) is 2.60. The number of sulfonamides is 1. The molecule has 0 radical (unpaired) electrons. The Hall–Kier alpha value is -0.240. The van der Waals surface area contributed by atoms with Gasteiger partial charge in [-0.3, -0.25) is 0 Å². The molecule has 1 saturated heterocycles. The van der Waals surface area contributed by atoms with Gasteiger partial charge < -0.3 is 10.8 Å². The second-order valence-corrected chi connectivity index (χ2v) is 5.98. The fraction of sp³-hybridized carbons (Fsp3) is 0.833. The van der Waals surface area contributed by atoms with Crippen LogP contribution in [0.25, 0.3) is 0 Å². The molecule has 0 aromatic rings. The Labute approximate surface area is 82.6 Å². The highest BCUT2D eigenvalue weighted by Gasteiger charge is 2.43. The average Bonchev–Trinajstić information content (AvgIpc) is 1.79. The number of β-amino-alcohol motifs (C(OH)–C–C–N with tert-alkyl or cyclic N) is 1. The summed E-state index contributed by atoms with van der Waals surface area (Å²) in [6, 6.07) is 0. The minimum Gasteiger partial charge on any atom is -0.392 e. The predicted octanol–water partition coefficient (Wildman–Crippen LogP) is -1.33. The van der Waals surface area contributed by atoms with E-state index in [1.54, 1.807) is 6.92 Å². The smallest absolute Gasteiger partial charge is 0.220 e. The van der Waals surface area contributed by atoms with E-state index >= 15 is 0 Å². The Morgan fingerprint density at radius 1 is 1.69 bits per heavy atom. The van der Waals surface area contributed by atoms with Crippen molar-refractivity contribution in [2.45, 2.75) is 12.5 Å². The molecule has 1 heterocycles. The van der Waals surface area contributed by atoms with Crippen LogP contribution in [0.3, 0.4) is 0 Å². The number of nitrogens with zero attached hydrogens (tertiary/aromatic N) is 1. The van der Waals surface area contributed by atoms with Crippen LogP contribution >= 0.6 is 12.2 Å². The van der Waals surface area contributed by atoms with Gasteiger partial charge in [0.25, 0.3) is 0 Å². The molecule has 1 aliphatic heterocycles. The van der Waals surface area contributed by atoms with Crippen LogP contribution in [0.4, 0.5) is 0 Å². The molecule has 7 heteroatoms. The van der Waals surface area contributed by atoms with Gasteiger partial charge in [0.05, 0.1) is 10.6 Å². The second-order valence-electron chi connectivity index (χ2n) is 3.49. The molecule has 0 bridgehead atoms. The van der Waals surface area contributed by atoms with Gasteiger partial charge in [-0.15, -0.1) is 0 Å². The molecule has 1 aliphatic rings. The predicted molar refractivity (Wildman–Crippen MR) is 52.8 cm³/mol. The van der Waals surface area contributed by atoms with Crippen LogP contribution in [0.5, 0.6) is 0 Å². The zero-order chi connectivity index (χ0) is 10.3. The lowest BCUT2D eigenvalue weighted by molar-refractivity contribution is -0.0424. The van der Waals surface area contributed by atoms with E-state index in [1.807, 2.05) is 0 Å². The minimum atomic E-state index is -3.39. The van der Waals surface area contributed by atoms with Crippen molar-refractivity contribution in [3.63, 3.8) is 0 Å². The summed E-state index contributed by atoms with van der Waals surface area (Å²) in [5, 5.41) is 9.31. The van der Waals surface area contributed by atoms with Crippen LogP contribution in [0.2, 0.25) is 0 Å². The largest absolute Gasteiger partial charge is 0.392 e. The summed E-state index contributed by atoms with van der Waals surface area (Å²) in [4.78, 5) is -0.0495. The minimum absolute atomic E-state index is 0.0495. The number of hydrogen-bond acceptors (Lipinski definition) is 4. The molecule has 1 fully saturated rings. The van der Waals surface area contributed by atoms with Gasteiger partial charge in [0.15, 0.2) is 0 Å². The van der Waals surface area contributed by atoms with Gasteiger partial charge in [0.1, 0.15) is 5.75 Å². The summed E-state index contributed by atoms with van der Waals surface area (Å²) in [6.07, 6.45) is 0. The molecule has 1 rings (SSSR count). The summed E-state index contributed by atoms with van der Waals surface area (Å²) < 4.78 is 23.9. The quantitative estimate of drug-likeness (QED) is 0.580. The average molecular weight is 224 g/mol. The van der Waals surface area contributed by atoms with E-state index in [1.165, 1.54) is 4.31 Å². The zero-order valence-corrected chi connectivity index (χ0v) is 8.86. The maximum Gasteiger partial charge on any atom is 0.220 e. The fourth-order valence-electron chi connectivity index (χ4n) is 1.18. The molecule has 0 aromatic carbocycles. The third-order valence-corrected chi connectivity index (χ3v) is 3.80. The number of nitrogens with two attached hydrogens (primary N) is 1. The van der Waals surface area contributed by atoms with Crippen LogP contribution < -0.4 is 5.73 Å². The molecular weight excluding hydrogens is 212 g/mol. The summed E-state index contributed by atoms with van der Waals surface area (Å²) >= 11 is 4.50. The molecule has 0 aliphatic carbocycles.